The highest BCUT2D eigenvalue weighted by Gasteiger charge is 2.12. The molecular weight excluding hydrogens is 327 g/mol. The topological polar surface area (TPSA) is 83.0 Å². The van der Waals surface area contributed by atoms with Crippen molar-refractivity contribution in [3.63, 3.8) is 0 Å². The van der Waals surface area contributed by atoms with Crippen molar-refractivity contribution in [1.82, 2.24) is 19.9 Å². The van der Waals surface area contributed by atoms with Crippen molar-refractivity contribution in [3.8, 4) is 11.4 Å². The van der Waals surface area contributed by atoms with Crippen molar-refractivity contribution < 1.29 is 18.4 Å². The van der Waals surface area contributed by atoms with Gasteiger partial charge in [-0.25, -0.2) is 4.39 Å². The maximum atomic E-state index is 12.9. The molecule has 0 amide bonds. The minimum absolute atomic E-state index is 0.107. The SMILES string of the molecule is Cc1cc(C)n(CCC(=O)OCc2nc(-c3ccc(F)cc3)no2)n1. The number of hydrogen-bond acceptors (Lipinski definition) is 6. The smallest absolute Gasteiger partial charge is 0.308 e. The molecule has 0 fully saturated rings. The van der Waals surface area contributed by atoms with Crippen molar-refractivity contribution in [3.05, 3.63) is 53.4 Å². The number of carbonyl (C=O) groups excluding carboxylic acids is 1. The second kappa shape index (κ2) is 7.25. The van der Waals surface area contributed by atoms with Gasteiger partial charge in [-0.05, 0) is 44.2 Å². The third-order valence-electron chi connectivity index (χ3n) is 3.56. The second-order valence-electron chi connectivity index (χ2n) is 5.58. The zero-order chi connectivity index (χ0) is 17.8. The lowest BCUT2D eigenvalue weighted by atomic mass is 10.2. The molecule has 0 saturated carbocycles. The van der Waals surface area contributed by atoms with Gasteiger partial charge in [0.15, 0.2) is 6.61 Å². The Morgan fingerprint density at radius 2 is 2.04 bits per heavy atom. The Balaban J connectivity index is 1.51. The summed E-state index contributed by atoms with van der Waals surface area (Å²) in [6.45, 7) is 4.17. The van der Waals surface area contributed by atoms with Crippen LogP contribution in [0.5, 0.6) is 0 Å². The number of rotatable bonds is 6. The summed E-state index contributed by atoms with van der Waals surface area (Å²) in [5.74, 6) is -0.231. The summed E-state index contributed by atoms with van der Waals surface area (Å²) in [6.07, 6.45) is 0.195. The van der Waals surface area contributed by atoms with E-state index in [0.29, 0.717) is 17.9 Å². The summed E-state index contributed by atoms with van der Waals surface area (Å²) in [6, 6.07) is 7.66. The molecule has 2 heterocycles. The van der Waals surface area contributed by atoms with Gasteiger partial charge in [0.25, 0.3) is 5.89 Å². The molecule has 0 bridgehead atoms. The molecule has 25 heavy (non-hydrogen) atoms. The summed E-state index contributed by atoms with van der Waals surface area (Å²) in [5, 5.41) is 8.07. The number of halogens is 1. The molecule has 0 spiro atoms. The van der Waals surface area contributed by atoms with Gasteiger partial charge in [-0.1, -0.05) is 5.16 Å². The molecule has 0 N–H and O–H groups in total. The molecule has 0 aliphatic heterocycles. The largest absolute Gasteiger partial charge is 0.455 e. The molecule has 0 unspecified atom stereocenters. The number of hydrogen-bond donors (Lipinski definition) is 0. The number of benzene rings is 1. The van der Waals surface area contributed by atoms with Gasteiger partial charge < -0.3 is 9.26 Å². The van der Waals surface area contributed by atoms with Crippen LogP contribution in [-0.4, -0.2) is 25.9 Å². The first-order chi connectivity index (χ1) is 12.0. The first kappa shape index (κ1) is 16.8. The molecule has 0 atom stereocenters. The van der Waals surface area contributed by atoms with E-state index in [1.165, 1.54) is 12.1 Å². The van der Waals surface area contributed by atoms with Crippen LogP contribution in [-0.2, 0) is 22.7 Å². The third kappa shape index (κ3) is 4.28. The molecule has 130 valence electrons. The van der Waals surface area contributed by atoms with E-state index < -0.39 is 0 Å². The van der Waals surface area contributed by atoms with Gasteiger partial charge in [0.2, 0.25) is 5.82 Å². The fraction of sp³-hybridized carbons (Fsp3) is 0.294. The molecule has 0 saturated heterocycles. The number of aryl methyl sites for hydroxylation is 3. The van der Waals surface area contributed by atoms with Crippen molar-refractivity contribution in [2.24, 2.45) is 0 Å². The first-order valence-corrected chi connectivity index (χ1v) is 7.76. The van der Waals surface area contributed by atoms with E-state index >= 15 is 0 Å². The van der Waals surface area contributed by atoms with E-state index in [4.69, 9.17) is 9.26 Å². The van der Waals surface area contributed by atoms with Gasteiger partial charge in [-0.3, -0.25) is 9.48 Å². The molecular formula is C17H17FN4O3. The van der Waals surface area contributed by atoms with Gasteiger partial charge in [0, 0.05) is 11.3 Å². The standard InChI is InChI=1S/C17H17FN4O3/c1-11-9-12(2)22(20-11)8-7-16(23)24-10-15-19-17(21-25-15)13-3-5-14(18)6-4-13/h3-6,9H,7-8,10H2,1-2H3. The molecule has 2 aromatic heterocycles. The Hall–Kier alpha value is -3.03. The fourth-order valence-electron chi connectivity index (χ4n) is 2.34. The molecule has 3 aromatic rings. The van der Waals surface area contributed by atoms with Crippen LogP contribution in [0.3, 0.4) is 0 Å². The predicted molar refractivity (Wildman–Crippen MR) is 85.8 cm³/mol. The highest BCUT2D eigenvalue weighted by atomic mass is 19.1. The molecule has 0 radical (unpaired) electrons. The van der Waals surface area contributed by atoms with Gasteiger partial charge in [-0.15, -0.1) is 0 Å². The van der Waals surface area contributed by atoms with Crippen molar-refractivity contribution >= 4 is 5.97 Å². The summed E-state index contributed by atoms with van der Waals surface area (Å²) in [5.41, 5.74) is 2.52. The Bertz CT molecular complexity index is 870. The highest BCUT2D eigenvalue weighted by molar-refractivity contribution is 5.69. The average Bonchev–Trinajstić information content (AvgIpc) is 3.18. The monoisotopic (exact) mass is 344 g/mol. The lowest BCUT2D eigenvalue weighted by molar-refractivity contribution is -0.146. The van der Waals surface area contributed by atoms with Crippen molar-refractivity contribution in [2.75, 3.05) is 0 Å². The van der Waals surface area contributed by atoms with E-state index in [2.05, 4.69) is 15.2 Å². The fourth-order valence-corrected chi connectivity index (χ4v) is 2.34. The van der Waals surface area contributed by atoms with E-state index in [9.17, 15) is 9.18 Å². The summed E-state index contributed by atoms with van der Waals surface area (Å²) >= 11 is 0. The number of ether oxygens (including phenoxy) is 1. The van der Waals surface area contributed by atoms with Gasteiger partial charge in [-0.2, -0.15) is 10.1 Å². The second-order valence-corrected chi connectivity index (χ2v) is 5.58. The average molecular weight is 344 g/mol. The minimum atomic E-state index is -0.380. The van der Waals surface area contributed by atoms with Crippen LogP contribution in [0.25, 0.3) is 11.4 Å². The Labute approximate surface area is 143 Å². The zero-order valence-electron chi connectivity index (χ0n) is 13.9. The van der Waals surface area contributed by atoms with Gasteiger partial charge in [0.05, 0.1) is 18.7 Å². The molecule has 1 aromatic carbocycles. The molecule has 0 aliphatic rings. The van der Waals surface area contributed by atoms with Crippen LogP contribution in [0.4, 0.5) is 4.39 Å². The van der Waals surface area contributed by atoms with Crippen molar-refractivity contribution in [2.45, 2.75) is 33.4 Å². The number of aromatic nitrogens is 4. The molecule has 3 rings (SSSR count). The summed E-state index contributed by atoms with van der Waals surface area (Å²) < 4.78 is 24.8. The van der Waals surface area contributed by atoms with E-state index in [1.54, 1.807) is 16.8 Å². The van der Waals surface area contributed by atoms with Crippen LogP contribution >= 0.6 is 0 Å². The van der Waals surface area contributed by atoms with E-state index in [0.717, 1.165) is 11.4 Å². The van der Waals surface area contributed by atoms with Crippen LogP contribution in [0.2, 0.25) is 0 Å². The maximum Gasteiger partial charge on any atom is 0.308 e. The van der Waals surface area contributed by atoms with Gasteiger partial charge in [0.1, 0.15) is 5.82 Å². The summed E-state index contributed by atoms with van der Waals surface area (Å²) in [7, 11) is 0. The van der Waals surface area contributed by atoms with Gasteiger partial charge >= 0.3 is 5.97 Å². The Morgan fingerprint density at radius 3 is 2.72 bits per heavy atom. The van der Waals surface area contributed by atoms with Crippen molar-refractivity contribution in [1.29, 1.82) is 0 Å². The van der Waals surface area contributed by atoms with Crippen LogP contribution < -0.4 is 0 Å². The lowest BCUT2D eigenvalue weighted by Gasteiger charge is -2.04. The normalized spacial score (nSPS) is 10.8. The predicted octanol–water partition coefficient (Wildman–Crippen LogP) is 2.82. The summed E-state index contributed by atoms with van der Waals surface area (Å²) in [4.78, 5) is 16.0. The quantitative estimate of drug-likeness (QED) is 0.640. The number of nitrogens with zero attached hydrogens (tertiary/aromatic N) is 4. The van der Waals surface area contributed by atoms with E-state index in [-0.39, 0.29) is 30.7 Å². The highest BCUT2D eigenvalue weighted by Crippen LogP contribution is 2.16. The van der Waals surface area contributed by atoms with Crippen LogP contribution in [0, 0.1) is 19.7 Å². The zero-order valence-corrected chi connectivity index (χ0v) is 13.9. The first-order valence-electron chi connectivity index (χ1n) is 7.76. The van der Waals surface area contributed by atoms with E-state index in [1.807, 2.05) is 19.9 Å². The third-order valence-corrected chi connectivity index (χ3v) is 3.56. The molecule has 8 heteroatoms. The molecule has 7 nitrogen and oxygen atoms in total. The minimum Gasteiger partial charge on any atom is -0.455 e. The lowest BCUT2D eigenvalue weighted by Crippen LogP contribution is -2.11. The van der Waals surface area contributed by atoms with Crippen LogP contribution in [0.1, 0.15) is 23.7 Å². The Morgan fingerprint density at radius 1 is 1.28 bits per heavy atom. The Kier molecular flexibility index (Phi) is 4.87. The number of esters is 1. The maximum absolute atomic E-state index is 12.9. The van der Waals surface area contributed by atoms with Crippen LogP contribution in [0.15, 0.2) is 34.9 Å². The number of carbonyl (C=O) groups is 1. The molecule has 0 aliphatic carbocycles.